The zero-order valence-electron chi connectivity index (χ0n) is 60.0. The summed E-state index contributed by atoms with van der Waals surface area (Å²) in [6.07, 6.45) is 48.7. The van der Waals surface area contributed by atoms with E-state index in [1.54, 1.807) is 0 Å². The van der Waals surface area contributed by atoms with Crippen molar-refractivity contribution in [2.75, 3.05) is 39.6 Å². The molecule has 0 radical (unpaired) electrons. The van der Waals surface area contributed by atoms with Gasteiger partial charge in [0.15, 0.2) is 12.2 Å². The van der Waals surface area contributed by atoms with E-state index in [2.05, 4.69) is 48.5 Å². The predicted molar refractivity (Wildman–Crippen MR) is 372 cm³/mol. The Labute approximate surface area is 562 Å². The van der Waals surface area contributed by atoms with Gasteiger partial charge in [0, 0.05) is 25.7 Å². The molecule has 0 spiro atoms. The normalized spacial score (nSPS) is 14.4. The fourth-order valence-electron chi connectivity index (χ4n) is 11.0. The summed E-state index contributed by atoms with van der Waals surface area (Å²) >= 11 is 0. The first kappa shape index (κ1) is 90.1. The molecular weight excluding hydrogens is 1210 g/mol. The molecule has 3 N–H and O–H groups in total. The third-order valence-electron chi connectivity index (χ3n) is 17.2. The summed E-state index contributed by atoms with van der Waals surface area (Å²) in [5.41, 5.74) is 0. The number of phosphoric acid groups is 2. The monoisotopic (exact) mass is 1350 g/mol. The molecule has 0 saturated heterocycles. The number of unbranched alkanes of at least 4 members (excludes halogenated alkanes) is 38. The number of rotatable bonds is 71. The quantitative estimate of drug-likeness (QED) is 0.0222. The Hall–Kier alpha value is -1.94. The van der Waals surface area contributed by atoms with Gasteiger partial charge in [-0.25, -0.2) is 9.13 Å². The molecule has 0 amide bonds. The van der Waals surface area contributed by atoms with E-state index in [0.29, 0.717) is 31.6 Å². The van der Waals surface area contributed by atoms with E-state index in [4.69, 9.17) is 37.0 Å². The average molecular weight is 1350 g/mol. The van der Waals surface area contributed by atoms with Gasteiger partial charge in [0.05, 0.1) is 26.4 Å². The van der Waals surface area contributed by atoms with Crippen LogP contribution in [0.4, 0.5) is 0 Å². The lowest BCUT2D eigenvalue weighted by atomic mass is 10.00. The second-order valence-electron chi connectivity index (χ2n) is 27.5. The highest BCUT2D eigenvalue weighted by Gasteiger charge is 2.30. The van der Waals surface area contributed by atoms with Crippen LogP contribution >= 0.6 is 15.6 Å². The highest BCUT2D eigenvalue weighted by Crippen LogP contribution is 2.45. The minimum absolute atomic E-state index is 0.102. The van der Waals surface area contributed by atoms with Crippen LogP contribution in [0.5, 0.6) is 0 Å². The van der Waals surface area contributed by atoms with E-state index in [-0.39, 0.29) is 25.7 Å². The largest absolute Gasteiger partial charge is 0.472 e. The minimum Gasteiger partial charge on any atom is -0.462 e. The first-order valence-corrected chi connectivity index (χ1v) is 40.9. The van der Waals surface area contributed by atoms with Gasteiger partial charge in [0.1, 0.15) is 19.3 Å². The summed E-state index contributed by atoms with van der Waals surface area (Å²) in [6.45, 7) is 11.8. The molecule has 3 unspecified atom stereocenters. The molecule has 6 atom stereocenters. The SMILES string of the molecule is CCCCCCCCCCCCCCCCCCCC(=O)O[C@H](COC(=O)CCCCCCCCCCCCCCC(C)C)COP(=O)(O)OC[C@@H](O)COP(=O)(O)OC[C@@H](COC(=O)CCCCCCCCC(C)CC)OC(=O)CCCCCCCCCC(C)C. The van der Waals surface area contributed by atoms with Gasteiger partial charge in [-0.15, -0.1) is 0 Å². The first-order valence-electron chi connectivity index (χ1n) is 37.9. The third-order valence-corrected chi connectivity index (χ3v) is 19.1. The van der Waals surface area contributed by atoms with Crippen molar-refractivity contribution >= 4 is 39.5 Å². The fraction of sp³-hybridized carbons (Fsp3) is 0.945. The van der Waals surface area contributed by atoms with Gasteiger partial charge >= 0.3 is 39.5 Å². The topological polar surface area (TPSA) is 237 Å². The van der Waals surface area contributed by atoms with E-state index >= 15 is 0 Å². The lowest BCUT2D eigenvalue weighted by Crippen LogP contribution is -2.30. The van der Waals surface area contributed by atoms with Crippen molar-refractivity contribution in [1.82, 2.24) is 0 Å². The van der Waals surface area contributed by atoms with Crippen LogP contribution < -0.4 is 0 Å². The van der Waals surface area contributed by atoms with E-state index < -0.39 is 97.5 Å². The molecule has 0 bridgehead atoms. The molecule has 0 aliphatic carbocycles. The van der Waals surface area contributed by atoms with Crippen molar-refractivity contribution in [1.29, 1.82) is 0 Å². The van der Waals surface area contributed by atoms with E-state index in [9.17, 15) is 43.2 Å². The van der Waals surface area contributed by atoms with Gasteiger partial charge in [-0.3, -0.25) is 37.3 Å². The van der Waals surface area contributed by atoms with Crippen molar-refractivity contribution < 1.29 is 80.2 Å². The lowest BCUT2D eigenvalue weighted by molar-refractivity contribution is -0.161. The number of aliphatic hydroxyl groups excluding tert-OH is 1. The maximum absolute atomic E-state index is 13.1. The van der Waals surface area contributed by atoms with Gasteiger partial charge in [-0.2, -0.15) is 0 Å². The Morgan fingerprint density at radius 3 is 0.826 bits per heavy atom. The second kappa shape index (κ2) is 63.8. The number of hydrogen-bond acceptors (Lipinski definition) is 15. The van der Waals surface area contributed by atoms with Crippen LogP contribution in [-0.2, 0) is 65.4 Å². The van der Waals surface area contributed by atoms with Crippen LogP contribution in [0.3, 0.4) is 0 Å². The number of ether oxygens (including phenoxy) is 4. The Balaban J connectivity index is 5.24. The summed E-state index contributed by atoms with van der Waals surface area (Å²) in [4.78, 5) is 72.6. The van der Waals surface area contributed by atoms with E-state index in [0.717, 1.165) is 108 Å². The number of phosphoric ester groups is 2. The van der Waals surface area contributed by atoms with Crippen LogP contribution in [0.2, 0.25) is 0 Å². The molecule has 0 fully saturated rings. The van der Waals surface area contributed by atoms with Crippen LogP contribution in [0, 0.1) is 17.8 Å². The van der Waals surface area contributed by atoms with Crippen molar-refractivity contribution in [2.24, 2.45) is 17.8 Å². The van der Waals surface area contributed by atoms with Gasteiger partial charge < -0.3 is 33.8 Å². The summed E-state index contributed by atoms with van der Waals surface area (Å²) in [5.74, 6) is 0.0835. The van der Waals surface area contributed by atoms with Crippen LogP contribution in [0.1, 0.15) is 370 Å². The maximum Gasteiger partial charge on any atom is 0.472 e. The zero-order chi connectivity index (χ0) is 68.0. The molecule has 0 aromatic carbocycles. The average Bonchev–Trinajstić information content (AvgIpc) is 1.58. The number of carbonyl (C=O) groups is 4. The summed E-state index contributed by atoms with van der Waals surface area (Å²) in [5, 5.41) is 10.6. The standard InChI is InChI=1S/C73H142O17P2/c1-8-10-11-12-13-14-15-16-17-18-19-20-25-28-33-42-49-56-72(77)89-68(60-83-70(75)54-47-40-32-27-24-22-21-23-26-30-37-44-51-64(3)4)62-87-91(79,80)85-58-67(74)59-86-92(81,82)88-63-69(90-73(78)57-50-43-34-29-31-38-45-52-65(5)6)61-84-71(76)55-48-41-36-35-39-46-53-66(7)9-2/h64-69,74H,8-63H2,1-7H3,(H,79,80)(H,81,82)/t66?,67-,68-,69-/m1/s1. The Morgan fingerprint density at radius 2 is 0.554 bits per heavy atom. The molecule has 0 saturated carbocycles. The second-order valence-corrected chi connectivity index (χ2v) is 30.4. The van der Waals surface area contributed by atoms with Crippen molar-refractivity contribution in [3.63, 3.8) is 0 Å². The van der Waals surface area contributed by atoms with Gasteiger partial charge in [0.25, 0.3) is 0 Å². The molecule has 0 aliphatic rings. The van der Waals surface area contributed by atoms with Gasteiger partial charge in [-0.05, 0) is 43.4 Å². The zero-order valence-corrected chi connectivity index (χ0v) is 61.8. The Morgan fingerprint density at radius 1 is 0.315 bits per heavy atom. The Bertz CT molecular complexity index is 1800. The van der Waals surface area contributed by atoms with Gasteiger partial charge in [0.2, 0.25) is 0 Å². The van der Waals surface area contributed by atoms with Gasteiger partial charge in [-0.1, -0.05) is 318 Å². The van der Waals surface area contributed by atoms with Crippen LogP contribution in [0.15, 0.2) is 0 Å². The number of hydrogen-bond donors (Lipinski definition) is 3. The van der Waals surface area contributed by atoms with Crippen molar-refractivity contribution in [3.8, 4) is 0 Å². The molecule has 0 aliphatic heterocycles. The molecule has 0 aromatic heterocycles. The molecule has 92 heavy (non-hydrogen) atoms. The molecule has 17 nitrogen and oxygen atoms in total. The predicted octanol–water partition coefficient (Wildman–Crippen LogP) is 21.0. The highest BCUT2D eigenvalue weighted by atomic mass is 31.2. The fourth-order valence-corrected chi connectivity index (χ4v) is 12.6. The molecule has 546 valence electrons. The van der Waals surface area contributed by atoms with Crippen LogP contribution in [-0.4, -0.2) is 96.7 Å². The maximum atomic E-state index is 13.1. The van der Waals surface area contributed by atoms with E-state index in [1.165, 1.54) is 173 Å². The number of aliphatic hydroxyl groups is 1. The summed E-state index contributed by atoms with van der Waals surface area (Å²) < 4.78 is 68.4. The highest BCUT2D eigenvalue weighted by molar-refractivity contribution is 7.47. The van der Waals surface area contributed by atoms with Crippen molar-refractivity contribution in [3.05, 3.63) is 0 Å². The van der Waals surface area contributed by atoms with E-state index in [1.807, 2.05) is 0 Å². The lowest BCUT2D eigenvalue weighted by Gasteiger charge is -2.21. The molecule has 0 aromatic rings. The summed E-state index contributed by atoms with van der Waals surface area (Å²) in [7, 11) is -9.91. The van der Waals surface area contributed by atoms with Crippen molar-refractivity contribution in [2.45, 2.75) is 388 Å². The number of carbonyl (C=O) groups excluding carboxylic acids is 4. The summed E-state index contributed by atoms with van der Waals surface area (Å²) in [6, 6.07) is 0. The minimum atomic E-state index is -4.96. The van der Waals surface area contributed by atoms with Crippen LogP contribution in [0.25, 0.3) is 0 Å². The molecular formula is C73H142O17P2. The molecule has 0 rings (SSSR count). The first-order chi connectivity index (χ1) is 44.3. The molecule has 19 heteroatoms. The number of esters is 4. The third kappa shape index (κ3) is 65.4. The smallest absolute Gasteiger partial charge is 0.462 e. The molecule has 0 heterocycles. The Kier molecular flexibility index (Phi) is 62.4.